The van der Waals surface area contributed by atoms with Gasteiger partial charge in [-0.3, -0.25) is 4.79 Å². The van der Waals surface area contributed by atoms with E-state index in [2.05, 4.69) is 10.1 Å². The zero-order valence-electron chi connectivity index (χ0n) is 14.3. The summed E-state index contributed by atoms with van der Waals surface area (Å²) in [6.07, 6.45) is 6.34. The molecule has 1 saturated carbocycles. The van der Waals surface area contributed by atoms with Crippen LogP contribution in [0.25, 0.3) is 11.4 Å². The van der Waals surface area contributed by atoms with Gasteiger partial charge in [-0.15, -0.1) is 0 Å². The van der Waals surface area contributed by atoms with Crippen molar-refractivity contribution in [3.63, 3.8) is 0 Å². The van der Waals surface area contributed by atoms with Gasteiger partial charge in [0.05, 0.1) is 6.10 Å². The van der Waals surface area contributed by atoms with Crippen LogP contribution in [0.4, 0.5) is 0 Å². The fourth-order valence-electron chi connectivity index (χ4n) is 4.28. The van der Waals surface area contributed by atoms with Crippen molar-refractivity contribution >= 4 is 5.91 Å². The van der Waals surface area contributed by atoms with Crippen LogP contribution in [0.15, 0.2) is 36.7 Å². The number of benzene rings is 1. The summed E-state index contributed by atoms with van der Waals surface area (Å²) in [6, 6.07) is 9.95. The van der Waals surface area contributed by atoms with E-state index in [1.165, 1.54) is 0 Å². The molecule has 132 valence electrons. The number of hydrogen-bond acceptors (Lipinski definition) is 4. The van der Waals surface area contributed by atoms with Gasteiger partial charge in [-0.05, 0) is 25.7 Å². The molecule has 6 nitrogen and oxygen atoms in total. The first-order chi connectivity index (χ1) is 12.2. The molecule has 3 atom stereocenters. The summed E-state index contributed by atoms with van der Waals surface area (Å²) in [4.78, 5) is 19.1. The lowest BCUT2D eigenvalue weighted by Gasteiger charge is -2.31. The molecule has 0 bridgehead atoms. The van der Waals surface area contributed by atoms with E-state index in [1.54, 1.807) is 11.0 Å². The van der Waals surface area contributed by atoms with Gasteiger partial charge in [0.2, 0.25) is 5.91 Å². The van der Waals surface area contributed by atoms with Crippen molar-refractivity contribution < 1.29 is 9.90 Å². The third-order valence-electron chi connectivity index (χ3n) is 5.51. The Balaban J connectivity index is 1.44. The van der Waals surface area contributed by atoms with E-state index in [0.717, 1.165) is 44.2 Å². The number of carbonyl (C=O) groups excluding carboxylic acids is 1. The van der Waals surface area contributed by atoms with Crippen LogP contribution in [-0.2, 0) is 11.3 Å². The van der Waals surface area contributed by atoms with Crippen molar-refractivity contribution in [2.24, 2.45) is 5.92 Å². The highest BCUT2D eigenvalue weighted by Crippen LogP contribution is 2.35. The van der Waals surface area contributed by atoms with Gasteiger partial charge in [0.1, 0.15) is 12.9 Å². The number of hydrogen-bond donors (Lipinski definition) is 1. The number of amides is 1. The van der Waals surface area contributed by atoms with Crippen LogP contribution in [0.1, 0.15) is 32.1 Å². The molecule has 1 aromatic carbocycles. The number of aromatic nitrogens is 3. The fourth-order valence-corrected chi connectivity index (χ4v) is 4.28. The minimum Gasteiger partial charge on any atom is -0.393 e. The van der Waals surface area contributed by atoms with Crippen molar-refractivity contribution in [1.82, 2.24) is 19.7 Å². The lowest BCUT2D eigenvalue weighted by atomic mass is 9.94. The van der Waals surface area contributed by atoms with E-state index in [0.29, 0.717) is 5.82 Å². The minimum atomic E-state index is -0.255. The number of aliphatic hydroxyl groups is 1. The van der Waals surface area contributed by atoms with Crippen LogP contribution >= 0.6 is 0 Å². The molecule has 2 heterocycles. The van der Waals surface area contributed by atoms with Crippen LogP contribution < -0.4 is 0 Å². The van der Waals surface area contributed by atoms with Crippen LogP contribution in [0, 0.1) is 5.92 Å². The quantitative estimate of drug-likeness (QED) is 0.925. The average molecular weight is 340 g/mol. The van der Waals surface area contributed by atoms with Gasteiger partial charge < -0.3 is 10.0 Å². The lowest BCUT2D eigenvalue weighted by Crippen LogP contribution is -2.43. The highest BCUT2D eigenvalue weighted by atomic mass is 16.3. The zero-order chi connectivity index (χ0) is 17.2. The maximum atomic E-state index is 12.8. The Morgan fingerprint density at radius 2 is 2.00 bits per heavy atom. The van der Waals surface area contributed by atoms with Gasteiger partial charge in [0, 0.05) is 24.1 Å². The first-order valence-corrected chi connectivity index (χ1v) is 9.15. The van der Waals surface area contributed by atoms with Crippen molar-refractivity contribution in [3.05, 3.63) is 36.7 Å². The van der Waals surface area contributed by atoms with Gasteiger partial charge in [0.25, 0.3) is 0 Å². The molecule has 0 radical (unpaired) electrons. The molecule has 1 aromatic heterocycles. The molecule has 25 heavy (non-hydrogen) atoms. The number of nitrogens with zero attached hydrogens (tertiary/aromatic N) is 4. The number of rotatable bonds is 4. The van der Waals surface area contributed by atoms with E-state index in [9.17, 15) is 9.90 Å². The van der Waals surface area contributed by atoms with Gasteiger partial charge >= 0.3 is 0 Å². The molecule has 2 aromatic rings. The van der Waals surface area contributed by atoms with E-state index < -0.39 is 0 Å². The third kappa shape index (κ3) is 3.31. The molecular formula is C19H24N4O2. The highest BCUT2D eigenvalue weighted by molar-refractivity contribution is 5.76. The van der Waals surface area contributed by atoms with Crippen molar-refractivity contribution in [1.29, 1.82) is 0 Å². The lowest BCUT2D eigenvalue weighted by molar-refractivity contribution is -0.134. The summed E-state index contributed by atoms with van der Waals surface area (Å²) in [5.74, 6) is 0.950. The molecular weight excluding hydrogens is 316 g/mol. The van der Waals surface area contributed by atoms with Gasteiger partial charge in [-0.1, -0.05) is 36.8 Å². The standard InChI is InChI=1S/C19H24N4O2/c24-17-10-4-8-15(17)16-9-5-11-23(16)18(25)12-22-13-20-19(21-22)14-6-2-1-3-7-14/h1-3,6-7,13,15-17,24H,4-5,8-12H2. The monoisotopic (exact) mass is 340 g/mol. The molecule has 1 aliphatic carbocycles. The second-order valence-corrected chi connectivity index (χ2v) is 7.09. The second-order valence-electron chi connectivity index (χ2n) is 7.09. The van der Waals surface area contributed by atoms with Gasteiger partial charge in [-0.25, -0.2) is 9.67 Å². The van der Waals surface area contributed by atoms with Crippen molar-refractivity contribution in [3.8, 4) is 11.4 Å². The third-order valence-corrected chi connectivity index (χ3v) is 5.51. The smallest absolute Gasteiger partial charge is 0.244 e. The van der Waals surface area contributed by atoms with Crippen molar-refractivity contribution in [2.75, 3.05) is 6.54 Å². The van der Waals surface area contributed by atoms with E-state index >= 15 is 0 Å². The number of likely N-dealkylation sites (tertiary alicyclic amines) is 1. The Labute approximate surface area is 147 Å². The molecule has 1 saturated heterocycles. The highest BCUT2D eigenvalue weighted by Gasteiger charge is 2.40. The summed E-state index contributed by atoms with van der Waals surface area (Å²) in [6.45, 7) is 0.992. The van der Waals surface area contributed by atoms with Crippen LogP contribution in [0.3, 0.4) is 0 Å². The Morgan fingerprint density at radius 3 is 2.76 bits per heavy atom. The normalized spacial score (nSPS) is 26.3. The van der Waals surface area contributed by atoms with Gasteiger partial charge in [0.15, 0.2) is 5.82 Å². The minimum absolute atomic E-state index is 0.0751. The maximum absolute atomic E-state index is 12.8. The largest absolute Gasteiger partial charge is 0.393 e. The molecule has 2 aliphatic rings. The molecule has 1 amide bonds. The molecule has 2 fully saturated rings. The summed E-state index contributed by atoms with van der Waals surface area (Å²) in [5, 5.41) is 14.6. The molecule has 1 aliphatic heterocycles. The van der Waals surface area contributed by atoms with E-state index in [-0.39, 0.29) is 30.5 Å². The number of carbonyl (C=O) groups is 1. The Bertz CT molecular complexity index is 730. The van der Waals surface area contributed by atoms with E-state index in [1.807, 2.05) is 35.2 Å². The SMILES string of the molecule is O=C(Cn1cnc(-c2ccccc2)n1)N1CCCC1C1CCCC1O. The predicted molar refractivity (Wildman–Crippen MR) is 93.5 cm³/mol. The van der Waals surface area contributed by atoms with Crippen molar-refractivity contribution in [2.45, 2.75) is 50.8 Å². The molecule has 3 unspecified atom stereocenters. The Kier molecular flexibility index (Phi) is 4.53. The first-order valence-electron chi connectivity index (χ1n) is 9.15. The first kappa shape index (κ1) is 16.3. The average Bonchev–Trinajstić information content (AvgIpc) is 3.35. The molecule has 6 heteroatoms. The topological polar surface area (TPSA) is 71.2 Å². The molecule has 4 rings (SSSR count). The van der Waals surface area contributed by atoms with Crippen LogP contribution in [0.5, 0.6) is 0 Å². The van der Waals surface area contributed by atoms with Crippen LogP contribution in [-0.4, -0.2) is 49.4 Å². The Morgan fingerprint density at radius 1 is 1.16 bits per heavy atom. The predicted octanol–water partition coefficient (Wildman–Crippen LogP) is 2.10. The summed E-state index contributed by atoms with van der Waals surface area (Å²) in [5.41, 5.74) is 0.946. The summed E-state index contributed by atoms with van der Waals surface area (Å²) < 4.78 is 1.62. The maximum Gasteiger partial charge on any atom is 0.244 e. The van der Waals surface area contributed by atoms with Crippen LogP contribution in [0.2, 0.25) is 0 Å². The Hall–Kier alpha value is -2.21. The fraction of sp³-hybridized carbons (Fsp3) is 0.526. The molecule has 0 spiro atoms. The second kappa shape index (κ2) is 6.96. The summed E-state index contributed by atoms with van der Waals surface area (Å²) in [7, 11) is 0. The van der Waals surface area contributed by atoms with E-state index in [4.69, 9.17) is 0 Å². The molecule has 1 N–H and O–H groups in total. The summed E-state index contributed by atoms with van der Waals surface area (Å²) >= 11 is 0. The number of aliphatic hydroxyl groups excluding tert-OH is 1. The van der Waals surface area contributed by atoms with Gasteiger partial charge in [-0.2, -0.15) is 5.10 Å². The zero-order valence-corrected chi connectivity index (χ0v) is 14.3.